The summed E-state index contributed by atoms with van der Waals surface area (Å²) in [6.07, 6.45) is 0. The van der Waals surface area contributed by atoms with Crippen molar-refractivity contribution in [3.63, 3.8) is 0 Å². The van der Waals surface area contributed by atoms with Crippen LogP contribution in [0.4, 0.5) is 11.8 Å². The van der Waals surface area contributed by atoms with Crippen LogP contribution in [0.1, 0.15) is 5.69 Å². The average Bonchev–Trinajstić information content (AvgIpc) is 2.39. The van der Waals surface area contributed by atoms with Crippen molar-refractivity contribution in [2.75, 3.05) is 63.7 Å². The molecule has 1 fully saturated rings. The summed E-state index contributed by atoms with van der Waals surface area (Å²) in [6.45, 7) is 7.09. The van der Waals surface area contributed by atoms with Crippen molar-refractivity contribution in [3.8, 4) is 0 Å². The van der Waals surface area contributed by atoms with E-state index in [1.54, 1.807) is 0 Å². The zero-order chi connectivity index (χ0) is 13.7. The number of morpholine rings is 1. The monoisotopic (exact) mass is 265 g/mol. The quantitative estimate of drug-likeness (QED) is 0.841. The van der Waals surface area contributed by atoms with Gasteiger partial charge < -0.3 is 19.9 Å². The second-order valence-electron chi connectivity index (χ2n) is 5.02. The summed E-state index contributed by atoms with van der Waals surface area (Å²) in [6, 6.07) is 1.99. The zero-order valence-corrected chi connectivity index (χ0v) is 12.0. The van der Waals surface area contributed by atoms with Gasteiger partial charge in [0, 0.05) is 37.9 Å². The smallest absolute Gasteiger partial charge is 0.227 e. The molecule has 1 aliphatic heterocycles. The standard InChI is InChI=1S/C13H23N5O/c1-11-10-12(14-4-5-17(2)3)16-13(15-11)18-6-8-19-9-7-18/h10H,4-9H2,1-3H3,(H,14,15,16). The molecule has 106 valence electrons. The molecule has 0 radical (unpaired) electrons. The van der Waals surface area contributed by atoms with Crippen molar-refractivity contribution in [3.05, 3.63) is 11.8 Å². The van der Waals surface area contributed by atoms with Crippen LogP contribution in [0.3, 0.4) is 0 Å². The van der Waals surface area contributed by atoms with E-state index in [0.29, 0.717) is 0 Å². The van der Waals surface area contributed by atoms with E-state index in [1.165, 1.54) is 0 Å². The van der Waals surface area contributed by atoms with Gasteiger partial charge in [-0.2, -0.15) is 4.98 Å². The van der Waals surface area contributed by atoms with Crippen molar-refractivity contribution < 1.29 is 4.74 Å². The summed E-state index contributed by atoms with van der Waals surface area (Å²) in [4.78, 5) is 13.4. The normalized spacial score (nSPS) is 15.9. The van der Waals surface area contributed by atoms with Crippen LogP contribution in [0.2, 0.25) is 0 Å². The highest BCUT2D eigenvalue weighted by molar-refractivity contribution is 5.43. The van der Waals surface area contributed by atoms with Gasteiger partial charge in [-0.3, -0.25) is 0 Å². The number of aryl methyl sites for hydroxylation is 1. The number of hydrogen-bond acceptors (Lipinski definition) is 6. The summed E-state index contributed by atoms with van der Waals surface area (Å²) in [5.41, 5.74) is 0.990. The minimum atomic E-state index is 0.751. The Kier molecular flexibility index (Phi) is 4.93. The van der Waals surface area contributed by atoms with E-state index >= 15 is 0 Å². The predicted molar refractivity (Wildman–Crippen MR) is 76.8 cm³/mol. The fraction of sp³-hybridized carbons (Fsp3) is 0.692. The Morgan fingerprint density at radius 3 is 2.74 bits per heavy atom. The highest BCUT2D eigenvalue weighted by atomic mass is 16.5. The lowest BCUT2D eigenvalue weighted by Gasteiger charge is -2.27. The molecule has 0 saturated carbocycles. The first kappa shape index (κ1) is 14.0. The van der Waals surface area contributed by atoms with Gasteiger partial charge in [-0.15, -0.1) is 0 Å². The number of anilines is 2. The summed E-state index contributed by atoms with van der Waals surface area (Å²) >= 11 is 0. The molecule has 0 aliphatic carbocycles. The van der Waals surface area contributed by atoms with E-state index < -0.39 is 0 Å². The number of nitrogens with zero attached hydrogens (tertiary/aromatic N) is 4. The van der Waals surface area contributed by atoms with Crippen LogP contribution >= 0.6 is 0 Å². The maximum atomic E-state index is 5.35. The van der Waals surface area contributed by atoms with Crippen molar-refractivity contribution in [2.45, 2.75) is 6.92 Å². The Bertz CT molecular complexity index is 404. The molecule has 2 rings (SSSR count). The van der Waals surface area contributed by atoms with Crippen LogP contribution in [-0.4, -0.2) is 68.4 Å². The SMILES string of the molecule is Cc1cc(NCCN(C)C)nc(N2CCOCC2)n1. The third kappa shape index (κ3) is 4.33. The Morgan fingerprint density at radius 1 is 1.32 bits per heavy atom. The van der Waals surface area contributed by atoms with Gasteiger partial charge in [0.15, 0.2) is 0 Å². The molecule has 0 unspecified atom stereocenters. The largest absolute Gasteiger partial charge is 0.378 e. The van der Waals surface area contributed by atoms with Crippen LogP contribution < -0.4 is 10.2 Å². The van der Waals surface area contributed by atoms with Crippen LogP contribution in [0.15, 0.2) is 6.07 Å². The Hall–Kier alpha value is -1.40. The van der Waals surface area contributed by atoms with Crippen molar-refractivity contribution in [1.82, 2.24) is 14.9 Å². The third-order valence-electron chi connectivity index (χ3n) is 3.00. The second-order valence-corrected chi connectivity index (χ2v) is 5.02. The van der Waals surface area contributed by atoms with E-state index in [9.17, 15) is 0 Å². The number of rotatable bonds is 5. The van der Waals surface area contributed by atoms with Crippen LogP contribution in [0.25, 0.3) is 0 Å². The third-order valence-corrected chi connectivity index (χ3v) is 3.00. The molecule has 2 heterocycles. The summed E-state index contributed by atoms with van der Waals surface area (Å²) < 4.78 is 5.35. The molecule has 1 aliphatic rings. The van der Waals surface area contributed by atoms with Gasteiger partial charge in [-0.25, -0.2) is 4.98 Å². The maximum Gasteiger partial charge on any atom is 0.227 e. The van der Waals surface area contributed by atoms with Gasteiger partial charge in [-0.1, -0.05) is 0 Å². The van der Waals surface area contributed by atoms with Crippen molar-refractivity contribution >= 4 is 11.8 Å². The number of hydrogen-bond donors (Lipinski definition) is 1. The summed E-state index contributed by atoms with van der Waals surface area (Å²) in [5.74, 6) is 1.70. The molecule has 0 bridgehead atoms. The van der Waals surface area contributed by atoms with Gasteiger partial charge in [0.05, 0.1) is 13.2 Å². The van der Waals surface area contributed by atoms with Crippen LogP contribution in [0, 0.1) is 6.92 Å². The molecule has 19 heavy (non-hydrogen) atoms. The van der Waals surface area contributed by atoms with Crippen LogP contribution in [-0.2, 0) is 4.74 Å². The first-order valence-electron chi connectivity index (χ1n) is 6.72. The minimum absolute atomic E-state index is 0.751. The topological polar surface area (TPSA) is 53.5 Å². The Balaban J connectivity index is 2.01. The van der Waals surface area contributed by atoms with E-state index in [0.717, 1.165) is 56.9 Å². The molecular weight excluding hydrogens is 242 g/mol. The minimum Gasteiger partial charge on any atom is -0.378 e. The molecule has 0 atom stereocenters. The second kappa shape index (κ2) is 6.68. The lowest BCUT2D eigenvalue weighted by molar-refractivity contribution is 0.122. The lowest BCUT2D eigenvalue weighted by atomic mass is 10.4. The predicted octanol–water partition coefficient (Wildman–Crippen LogP) is 0.595. The van der Waals surface area contributed by atoms with Gasteiger partial charge in [0.25, 0.3) is 0 Å². The molecule has 1 N–H and O–H groups in total. The van der Waals surface area contributed by atoms with Gasteiger partial charge in [0.2, 0.25) is 5.95 Å². The number of nitrogens with one attached hydrogen (secondary N) is 1. The highest BCUT2D eigenvalue weighted by Crippen LogP contribution is 2.14. The zero-order valence-electron chi connectivity index (χ0n) is 12.0. The molecule has 6 heteroatoms. The first-order valence-corrected chi connectivity index (χ1v) is 6.72. The molecule has 0 aromatic carbocycles. The molecule has 0 spiro atoms. The first-order chi connectivity index (χ1) is 9.15. The number of likely N-dealkylation sites (N-methyl/N-ethyl adjacent to an activating group) is 1. The van der Waals surface area contributed by atoms with Gasteiger partial charge >= 0.3 is 0 Å². The Morgan fingerprint density at radius 2 is 2.05 bits per heavy atom. The van der Waals surface area contributed by atoms with Gasteiger partial charge in [-0.05, 0) is 21.0 Å². The highest BCUT2D eigenvalue weighted by Gasteiger charge is 2.14. The number of aromatic nitrogens is 2. The molecule has 6 nitrogen and oxygen atoms in total. The number of ether oxygens (including phenoxy) is 1. The van der Waals surface area contributed by atoms with E-state index in [-0.39, 0.29) is 0 Å². The summed E-state index contributed by atoms with van der Waals surface area (Å²) in [5, 5.41) is 3.35. The molecule has 1 aromatic heterocycles. The fourth-order valence-electron chi connectivity index (χ4n) is 1.96. The average molecular weight is 265 g/mol. The maximum absolute atomic E-state index is 5.35. The van der Waals surface area contributed by atoms with Crippen molar-refractivity contribution in [1.29, 1.82) is 0 Å². The van der Waals surface area contributed by atoms with Crippen molar-refractivity contribution in [2.24, 2.45) is 0 Å². The molecule has 1 aromatic rings. The lowest BCUT2D eigenvalue weighted by Crippen LogP contribution is -2.37. The van der Waals surface area contributed by atoms with Crippen LogP contribution in [0.5, 0.6) is 0 Å². The van der Waals surface area contributed by atoms with E-state index in [4.69, 9.17) is 4.74 Å². The summed E-state index contributed by atoms with van der Waals surface area (Å²) in [7, 11) is 4.12. The molecule has 0 amide bonds. The Labute approximate surface area is 114 Å². The van der Waals surface area contributed by atoms with Gasteiger partial charge in [0.1, 0.15) is 5.82 Å². The van der Waals surface area contributed by atoms with E-state index in [2.05, 4.69) is 39.2 Å². The van der Waals surface area contributed by atoms with E-state index in [1.807, 2.05) is 13.0 Å². The molecular formula is C13H23N5O. The fourth-order valence-corrected chi connectivity index (χ4v) is 1.96. The molecule has 1 saturated heterocycles.